The Balaban J connectivity index is 1.72. The van der Waals surface area contributed by atoms with Crippen LogP contribution < -0.4 is 28.7 Å². The van der Waals surface area contributed by atoms with Gasteiger partial charge in [-0.15, -0.1) is 0 Å². The average molecular weight is 606 g/mol. The molecule has 38 heavy (non-hydrogen) atoms. The highest BCUT2D eigenvalue weighted by molar-refractivity contribution is 9.10. The van der Waals surface area contributed by atoms with Crippen LogP contribution in [0.4, 0.5) is 5.69 Å². The number of nitrogens with zero attached hydrogens (tertiary/aromatic N) is 2. The lowest BCUT2D eigenvalue weighted by atomic mass is 10.2. The number of anilines is 1. The van der Waals surface area contributed by atoms with Gasteiger partial charge in [-0.05, 0) is 51.3 Å². The number of halogens is 1. The molecule has 0 saturated carbocycles. The number of benzene rings is 3. The van der Waals surface area contributed by atoms with Gasteiger partial charge in [0, 0.05) is 6.07 Å². The van der Waals surface area contributed by atoms with E-state index in [9.17, 15) is 13.2 Å². The second-order valence-electron chi connectivity index (χ2n) is 7.91. The number of hydrazone groups is 1. The summed E-state index contributed by atoms with van der Waals surface area (Å²) >= 11 is 3.49. The van der Waals surface area contributed by atoms with Crippen LogP contribution >= 0.6 is 15.9 Å². The Morgan fingerprint density at radius 2 is 1.71 bits per heavy atom. The van der Waals surface area contributed by atoms with Gasteiger partial charge in [0.2, 0.25) is 10.0 Å². The van der Waals surface area contributed by atoms with Gasteiger partial charge in [-0.1, -0.05) is 30.3 Å². The van der Waals surface area contributed by atoms with Crippen molar-refractivity contribution < 1.29 is 32.2 Å². The average Bonchev–Trinajstić information content (AvgIpc) is 2.90. The number of hydrogen-bond donors (Lipinski definition) is 1. The van der Waals surface area contributed by atoms with E-state index in [2.05, 4.69) is 26.5 Å². The quantitative estimate of drug-likeness (QED) is 0.245. The van der Waals surface area contributed by atoms with Crippen LogP contribution in [-0.4, -0.2) is 54.7 Å². The zero-order chi connectivity index (χ0) is 27.7. The Kier molecular flexibility index (Phi) is 9.97. The summed E-state index contributed by atoms with van der Waals surface area (Å²) in [7, 11) is 0.531. The number of rotatable bonds is 12. The van der Waals surface area contributed by atoms with Crippen LogP contribution in [0.15, 0.2) is 70.2 Å². The standard InChI is InChI=1S/C26H28BrN3O7S/c1-34-20-10-11-23(35-2)22(14-20)30(38(4,32)33)16-25(31)29-28-15-19-12-21(27)26(24(13-19)36-3)37-17-18-8-6-5-7-9-18/h5-15H,16-17H2,1-4H3,(H,29,31)/b28-15-. The molecule has 12 heteroatoms. The van der Waals surface area contributed by atoms with Crippen LogP contribution in [0.1, 0.15) is 11.1 Å². The lowest BCUT2D eigenvalue weighted by molar-refractivity contribution is -0.119. The molecule has 10 nitrogen and oxygen atoms in total. The van der Waals surface area contributed by atoms with Crippen molar-refractivity contribution in [3.05, 3.63) is 76.3 Å². The number of amides is 1. The number of methoxy groups -OCH3 is 3. The Labute approximate surface area is 230 Å². The Hall–Kier alpha value is -3.77. The van der Waals surface area contributed by atoms with Crippen LogP contribution in [-0.2, 0) is 21.4 Å². The molecule has 3 rings (SSSR count). The molecule has 0 aliphatic carbocycles. The predicted octanol–water partition coefficient (Wildman–Crippen LogP) is 3.97. The molecule has 202 valence electrons. The molecule has 1 amide bonds. The first-order valence-corrected chi connectivity index (χ1v) is 13.9. The third-order valence-electron chi connectivity index (χ3n) is 5.22. The second kappa shape index (κ2) is 13.2. The van der Waals surface area contributed by atoms with Gasteiger partial charge in [-0.3, -0.25) is 9.10 Å². The van der Waals surface area contributed by atoms with Gasteiger partial charge in [-0.25, -0.2) is 13.8 Å². The van der Waals surface area contributed by atoms with Gasteiger partial charge >= 0.3 is 0 Å². The molecule has 0 spiro atoms. The van der Waals surface area contributed by atoms with Crippen molar-refractivity contribution in [3.63, 3.8) is 0 Å². The molecule has 3 aromatic rings. The van der Waals surface area contributed by atoms with E-state index < -0.39 is 22.5 Å². The zero-order valence-electron chi connectivity index (χ0n) is 21.3. The van der Waals surface area contributed by atoms with E-state index in [0.717, 1.165) is 16.1 Å². The molecule has 3 aromatic carbocycles. The molecule has 0 fully saturated rings. The molecule has 0 aliphatic heterocycles. The normalized spacial score (nSPS) is 11.2. The molecule has 0 bridgehead atoms. The van der Waals surface area contributed by atoms with E-state index in [1.807, 2.05) is 30.3 Å². The third-order valence-corrected chi connectivity index (χ3v) is 6.94. The van der Waals surface area contributed by atoms with Crippen LogP contribution in [0.2, 0.25) is 0 Å². The van der Waals surface area contributed by atoms with Gasteiger partial charge in [0.05, 0.1) is 44.0 Å². The first-order chi connectivity index (χ1) is 18.2. The summed E-state index contributed by atoms with van der Waals surface area (Å²) in [6, 6.07) is 17.8. The second-order valence-corrected chi connectivity index (χ2v) is 10.7. The molecule has 1 N–H and O–H groups in total. The van der Waals surface area contributed by atoms with E-state index in [1.54, 1.807) is 24.3 Å². The van der Waals surface area contributed by atoms with Crippen LogP contribution in [0.3, 0.4) is 0 Å². The van der Waals surface area contributed by atoms with Crippen molar-refractivity contribution in [3.8, 4) is 23.0 Å². The maximum Gasteiger partial charge on any atom is 0.260 e. The van der Waals surface area contributed by atoms with Gasteiger partial charge in [0.1, 0.15) is 24.7 Å². The van der Waals surface area contributed by atoms with Gasteiger partial charge < -0.3 is 18.9 Å². The minimum Gasteiger partial charge on any atom is -0.497 e. The highest BCUT2D eigenvalue weighted by atomic mass is 79.9. The van der Waals surface area contributed by atoms with Crippen LogP contribution in [0, 0.1) is 0 Å². The topological polar surface area (TPSA) is 116 Å². The molecule has 0 heterocycles. The summed E-state index contributed by atoms with van der Waals surface area (Å²) in [4.78, 5) is 12.6. The molecule has 0 saturated heterocycles. The zero-order valence-corrected chi connectivity index (χ0v) is 23.7. The molecule has 0 aromatic heterocycles. The van der Waals surface area contributed by atoms with Gasteiger partial charge in [0.25, 0.3) is 5.91 Å². The summed E-state index contributed by atoms with van der Waals surface area (Å²) in [5.74, 6) is 0.998. The SMILES string of the molecule is COc1ccc(OC)c(N(CC(=O)N/N=C\c2cc(Br)c(OCc3ccccc3)c(OC)c2)S(C)(=O)=O)c1. The van der Waals surface area contributed by atoms with E-state index >= 15 is 0 Å². The number of hydrogen-bond acceptors (Lipinski definition) is 8. The van der Waals surface area contributed by atoms with Crippen molar-refractivity contribution in [1.29, 1.82) is 0 Å². The smallest absolute Gasteiger partial charge is 0.260 e. The first kappa shape index (κ1) is 28.8. The third kappa shape index (κ3) is 7.62. The number of ether oxygens (including phenoxy) is 4. The van der Waals surface area contributed by atoms with Gasteiger partial charge in [0.15, 0.2) is 11.5 Å². The van der Waals surface area contributed by atoms with E-state index in [1.165, 1.54) is 33.6 Å². The molecule has 0 atom stereocenters. The number of sulfonamides is 1. The molecular weight excluding hydrogens is 578 g/mol. The van der Waals surface area contributed by atoms with Crippen LogP contribution in [0.5, 0.6) is 23.0 Å². The molecular formula is C26H28BrN3O7S. The van der Waals surface area contributed by atoms with Crippen molar-refractivity contribution in [2.75, 3.05) is 38.4 Å². The lowest BCUT2D eigenvalue weighted by Crippen LogP contribution is -2.39. The molecule has 0 aliphatic rings. The van der Waals surface area contributed by atoms with Gasteiger partial charge in [-0.2, -0.15) is 5.10 Å². The molecule has 0 unspecified atom stereocenters. The summed E-state index contributed by atoms with van der Waals surface area (Å²) in [6.45, 7) is -0.173. The first-order valence-electron chi connectivity index (χ1n) is 11.2. The summed E-state index contributed by atoms with van der Waals surface area (Å²) < 4.78 is 48.4. The summed E-state index contributed by atoms with van der Waals surface area (Å²) in [5.41, 5.74) is 4.12. The minimum atomic E-state index is -3.84. The molecule has 0 radical (unpaired) electrons. The van der Waals surface area contributed by atoms with Crippen LogP contribution in [0.25, 0.3) is 0 Å². The largest absolute Gasteiger partial charge is 0.497 e. The maximum absolute atomic E-state index is 12.6. The van der Waals surface area contributed by atoms with E-state index in [4.69, 9.17) is 18.9 Å². The minimum absolute atomic E-state index is 0.160. The number of carbonyl (C=O) groups is 1. The van der Waals surface area contributed by atoms with E-state index in [-0.39, 0.29) is 11.4 Å². The van der Waals surface area contributed by atoms with E-state index in [0.29, 0.717) is 33.9 Å². The summed E-state index contributed by atoms with van der Waals surface area (Å²) in [5, 5.41) is 3.97. The number of carbonyl (C=O) groups excluding carboxylic acids is 1. The van der Waals surface area contributed by atoms with Crippen molar-refractivity contribution >= 4 is 43.8 Å². The summed E-state index contributed by atoms with van der Waals surface area (Å²) in [6.07, 6.45) is 2.40. The monoisotopic (exact) mass is 605 g/mol. The fourth-order valence-electron chi connectivity index (χ4n) is 3.40. The number of nitrogens with one attached hydrogen (secondary N) is 1. The lowest BCUT2D eigenvalue weighted by Gasteiger charge is -2.23. The Morgan fingerprint density at radius 3 is 2.34 bits per heavy atom. The van der Waals surface area contributed by atoms with Crippen molar-refractivity contribution in [2.24, 2.45) is 5.10 Å². The fourth-order valence-corrected chi connectivity index (χ4v) is 4.83. The predicted molar refractivity (Wildman–Crippen MR) is 149 cm³/mol. The highest BCUT2D eigenvalue weighted by Gasteiger charge is 2.24. The van der Waals surface area contributed by atoms with Crippen molar-refractivity contribution in [1.82, 2.24) is 5.43 Å². The van der Waals surface area contributed by atoms with Crippen molar-refractivity contribution in [2.45, 2.75) is 6.61 Å². The Morgan fingerprint density at radius 1 is 1.00 bits per heavy atom. The Bertz CT molecular complexity index is 1400. The maximum atomic E-state index is 12.6. The highest BCUT2D eigenvalue weighted by Crippen LogP contribution is 2.37. The fraction of sp³-hybridized carbons (Fsp3) is 0.231.